The highest BCUT2D eigenvalue weighted by Crippen LogP contribution is 2.27. The largest absolute Gasteiger partial charge is 0.279 e. The summed E-state index contributed by atoms with van der Waals surface area (Å²) in [6, 6.07) is 10.4. The minimum Gasteiger partial charge on any atom is -0.279 e. The Bertz CT molecular complexity index is 758. The van der Waals surface area contributed by atoms with E-state index in [2.05, 4.69) is 36.6 Å². The molecule has 0 heterocycles. The van der Waals surface area contributed by atoms with Crippen molar-refractivity contribution in [3.8, 4) is 0 Å². The molecule has 3 nitrogen and oxygen atoms in total. The van der Waals surface area contributed by atoms with Gasteiger partial charge in [0.15, 0.2) is 0 Å². The topological polar surface area (TPSA) is 46.2 Å². The van der Waals surface area contributed by atoms with E-state index < -0.39 is 10.0 Å². The standard InChI is InChI=1S/C14H13Br2NO2S/c1-9-8-11(6-7-12(9)15)20(18,19)17-14-5-3-4-13(16)10(14)2/h3-8,17H,1-2H3. The summed E-state index contributed by atoms with van der Waals surface area (Å²) in [5.41, 5.74) is 2.30. The first kappa shape index (κ1) is 15.5. The van der Waals surface area contributed by atoms with Crippen LogP contribution in [-0.2, 0) is 10.0 Å². The van der Waals surface area contributed by atoms with E-state index in [1.807, 2.05) is 19.9 Å². The molecule has 0 saturated carbocycles. The molecule has 0 spiro atoms. The highest BCUT2D eigenvalue weighted by atomic mass is 79.9. The van der Waals surface area contributed by atoms with Crippen LogP contribution in [0.3, 0.4) is 0 Å². The third-order valence-corrected chi connectivity index (χ3v) is 6.06. The summed E-state index contributed by atoms with van der Waals surface area (Å²) in [4.78, 5) is 0.248. The molecule has 2 aromatic carbocycles. The SMILES string of the molecule is Cc1cc(S(=O)(=O)Nc2cccc(Br)c2C)ccc1Br. The summed E-state index contributed by atoms with van der Waals surface area (Å²) >= 11 is 6.75. The molecule has 106 valence electrons. The number of halogens is 2. The van der Waals surface area contributed by atoms with E-state index in [0.717, 1.165) is 20.1 Å². The second-order valence-electron chi connectivity index (χ2n) is 4.43. The van der Waals surface area contributed by atoms with Gasteiger partial charge in [0.25, 0.3) is 10.0 Å². The molecular formula is C14H13Br2NO2S. The lowest BCUT2D eigenvalue weighted by Crippen LogP contribution is -2.14. The lowest BCUT2D eigenvalue weighted by Gasteiger charge is -2.12. The van der Waals surface area contributed by atoms with Gasteiger partial charge in [0, 0.05) is 8.95 Å². The van der Waals surface area contributed by atoms with Gasteiger partial charge in [-0.3, -0.25) is 4.72 Å². The summed E-state index contributed by atoms with van der Waals surface area (Å²) in [5, 5.41) is 0. The van der Waals surface area contributed by atoms with Gasteiger partial charge in [-0.2, -0.15) is 0 Å². The van der Waals surface area contributed by atoms with Crippen molar-refractivity contribution in [2.24, 2.45) is 0 Å². The van der Waals surface area contributed by atoms with E-state index in [-0.39, 0.29) is 4.90 Å². The maximum Gasteiger partial charge on any atom is 0.261 e. The molecule has 0 bridgehead atoms. The van der Waals surface area contributed by atoms with Gasteiger partial charge < -0.3 is 0 Å². The van der Waals surface area contributed by atoms with Gasteiger partial charge >= 0.3 is 0 Å². The predicted octanol–water partition coefficient (Wildman–Crippen LogP) is 4.63. The van der Waals surface area contributed by atoms with Crippen LogP contribution in [0.15, 0.2) is 50.2 Å². The first-order chi connectivity index (χ1) is 9.31. The molecule has 0 radical (unpaired) electrons. The Hall–Kier alpha value is -0.850. The van der Waals surface area contributed by atoms with E-state index >= 15 is 0 Å². The highest BCUT2D eigenvalue weighted by molar-refractivity contribution is 9.10. The molecule has 6 heteroatoms. The zero-order chi connectivity index (χ0) is 14.9. The summed E-state index contributed by atoms with van der Waals surface area (Å²) in [6.45, 7) is 3.71. The van der Waals surface area contributed by atoms with Crippen LogP contribution >= 0.6 is 31.9 Å². The molecule has 0 saturated heterocycles. The van der Waals surface area contributed by atoms with Gasteiger partial charge in [-0.25, -0.2) is 8.42 Å². The molecule has 20 heavy (non-hydrogen) atoms. The van der Waals surface area contributed by atoms with Crippen molar-refractivity contribution in [1.82, 2.24) is 0 Å². The maximum absolute atomic E-state index is 12.4. The van der Waals surface area contributed by atoms with Crippen molar-refractivity contribution in [2.45, 2.75) is 18.7 Å². The fourth-order valence-corrected chi connectivity index (χ4v) is 3.53. The molecular weight excluding hydrogens is 406 g/mol. The van der Waals surface area contributed by atoms with Gasteiger partial charge in [0.1, 0.15) is 0 Å². The Kier molecular flexibility index (Phi) is 4.56. The number of rotatable bonds is 3. The van der Waals surface area contributed by atoms with Crippen molar-refractivity contribution < 1.29 is 8.42 Å². The van der Waals surface area contributed by atoms with Gasteiger partial charge in [-0.1, -0.05) is 37.9 Å². The van der Waals surface area contributed by atoms with E-state index in [4.69, 9.17) is 0 Å². The lowest BCUT2D eigenvalue weighted by molar-refractivity contribution is 0.601. The zero-order valence-corrected chi connectivity index (χ0v) is 14.9. The van der Waals surface area contributed by atoms with Crippen molar-refractivity contribution in [1.29, 1.82) is 0 Å². The number of benzene rings is 2. The second kappa shape index (κ2) is 5.87. The van der Waals surface area contributed by atoms with E-state index in [9.17, 15) is 8.42 Å². The first-order valence-corrected chi connectivity index (χ1v) is 8.92. The summed E-state index contributed by atoms with van der Waals surface area (Å²) in [7, 11) is -3.58. The number of aryl methyl sites for hydroxylation is 1. The Balaban J connectivity index is 2.41. The van der Waals surface area contributed by atoms with E-state index in [0.29, 0.717) is 5.69 Å². The number of hydrogen-bond acceptors (Lipinski definition) is 2. The predicted molar refractivity (Wildman–Crippen MR) is 88.6 cm³/mol. The summed E-state index contributed by atoms with van der Waals surface area (Å²) in [5.74, 6) is 0. The molecule has 0 atom stereocenters. The highest BCUT2D eigenvalue weighted by Gasteiger charge is 2.16. The molecule has 0 aliphatic carbocycles. The molecule has 0 aliphatic rings. The third-order valence-electron chi connectivity index (χ3n) is 2.95. The van der Waals surface area contributed by atoms with Gasteiger partial charge in [-0.05, 0) is 55.3 Å². The summed E-state index contributed by atoms with van der Waals surface area (Å²) < 4.78 is 29.1. The lowest BCUT2D eigenvalue weighted by atomic mass is 10.2. The van der Waals surface area contributed by atoms with Crippen LogP contribution in [0.5, 0.6) is 0 Å². The van der Waals surface area contributed by atoms with Crippen LogP contribution in [-0.4, -0.2) is 8.42 Å². The third kappa shape index (κ3) is 3.24. The molecule has 0 amide bonds. The number of anilines is 1. The number of hydrogen-bond donors (Lipinski definition) is 1. The van der Waals surface area contributed by atoms with Gasteiger partial charge in [-0.15, -0.1) is 0 Å². The van der Waals surface area contributed by atoms with E-state index in [1.165, 1.54) is 0 Å². The van der Waals surface area contributed by atoms with Crippen LogP contribution in [0.4, 0.5) is 5.69 Å². The minimum absolute atomic E-state index is 0.248. The Labute approximate surface area is 135 Å². The second-order valence-corrected chi connectivity index (χ2v) is 7.82. The van der Waals surface area contributed by atoms with Crippen molar-refractivity contribution >= 4 is 47.6 Å². The summed E-state index contributed by atoms with van der Waals surface area (Å²) in [6.07, 6.45) is 0. The van der Waals surface area contributed by atoms with Crippen LogP contribution in [0, 0.1) is 13.8 Å². The van der Waals surface area contributed by atoms with Crippen LogP contribution in [0.2, 0.25) is 0 Å². The molecule has 0 aromatic heterocycles. The van der Waals surface area contributed by atoms with Gasteiger partial charge in [0.05, 0.1) is 10.6 Å². The van der Waals surface area contributed by atoms with Crippen LogP contribution < -0.4 is 4.72 Å². The first-order valence-electron chi connectivity index (χ1n) is 5.85. The fourth-order valence-electron chi connectivity index (χ4n) is 1.71. The Morgan fingerprint density at radius 1 is 1.00 bits per heavy atom. The smallest absolute Gasteiger partial charge is 0.261 e. The normalized spacial score (nSPS) is 11.4. The minimum atomic E-state index is -3.58. The number of sulfonamides is 1. The van der Waals surface area contributed by atoms with E-state index in [1.54, 1.807) is 30.3 Å². The molecule has 1 N–H and O–H groups in total. The van der Waals surface area contributed by atoms with Crippen molar-refractivity contribution in [2.75, 3.05) is 4.72 Å². The van der Waals surface area contributed by atoms with Crippen LogP contribution in [0.25, 0.3) is 0 Å². The molecule has 0 aliphatic heterocycles. The average Bonchev–Trinajstić information content (AvgIpc) is 2.38. The molecule has 0 fully saturated rings. The van der Waals surface area contributed by atoms with Crippen molar-refractivity contribution in [3.05, 3.63) is 56.5 Å². The Morgan fingerprint density at radius 3 is 2.35 bits per heavy atom. The van der Waals surface area contributed by atoms with Gasteiger partial charge in [0.2, 0.25) is 0 Å². The molecule has 2 rings (SSSR count). The number of nitrogens with one attached hydrogen (secondary N) is 1. The zero-order valence-electron chi connectivity index (χ0n) is 10.9. The molecule has 2 aromatic rings. The monoisotopic (exact) mass is 417 g/mol. The molecule has 0 unspecified atom stereocenters. The average molecular weight is 419 g/mol. The maximum atomic E-state index is 12.4. The Morgan fingerprint density at radius 2 is 1.70 bits per heavy atom. The fraction of sp³-hybridized carbons (Fsp3) is 0.143. The van der Waals surface area contributed by atoms with Crippen molar-refractivity contribution in [3.63, 3.8) is 0 Å². The quantitative estimate of drug-likeness (QED) is 0.789. The van der Waals surface area contributed by atoms with Crippen LogP contribution in [0.1, 0.15) is 11.1 Å².